The van der Waals surface area contributed by atoms with Crippen molar-refractivity contribution in [1.82, 2.24) is 30.2 Å². The van der Waals surface area contributed by atoms with Crippen LogP contribution in [0.25, 0.3) is 32.4 Å². The van der Waals surface area contributed by atoms with Gasteiger partial charge in [0, 0.05) is 43.7 Å². The Bertz CT molecular complexity index is 1860. The number of piperazine rings is 1. The highest BCUT2D eigenvalue weighted by molar-refractivity contribution is 7.22. The molecule has 4 aromatic rings. The molecule has 13 heteroatoms. The van der Waals surface area contributed by atoms with Gasteiger partial charge in [0.15, 0.2) is 10.9 Å². The lowest BCUT2D eigenvalue weighted by atomic mass is 9.95. The predicted molar refractivity (Wildman–Crippen MR) is 164 cm³/mol. The van der Waals surface area contributed by atoms with Gasteiger partial charge in [0.1, 0.15) is 41.3 Å². The van der Waals surface area contributed by atoms with Crippen LogP contribution in [0.15, 0.2) is 12.1 Å². The van der Waals surface area contributed by atoms with E-state index in [0.29, 0.717) is 43.0 Å². The third kappa shape index (κ3) is 4.45. The van der Waals surface area contributed by atoms with Gasteiger partial charge in [-0.25, -0.2) is 23.1 Å². The van der Waals surface area contributed by atoms with Crippen LogP contribution in [0.3, 0.4) is 0 Å². The van der Waals surface area contributed by atoms with Crippen LogP contribution >= 0.6 is 11.3 Å². The summed E-state index contributed by atoms with van der Waals surface area (Å²) < 4.78 is 52.4. The minimum atomic E-state index is -0.906. The highest BCUT2D eigenvalue weighted by Gasteiger charge is 2.49. The third-order valence-corrected chi connectivity index (χ3v) is 10.4. The lowest BCUT2D eigenvalue weighted by molar-refractivity contribution is 0.107. The van der Waals surface area contributed by atoms with Crippen LogP contribution in [0.4, 0.5) is 24.1 Å². The Hall–Kier alpha value is -3.73. The standard InChI is InChI=1S/C31H31F3N8OS/c1-2-4-21-22-26(23(34)24(37-21)19-7-8-20(33)27-25(19)38-29(35)44-27)39-30(40-28(22)41-13-17-5-6-18(14-41)36-17)43-15-31-9-3-10-42(31)12-16(32)11-31/h7-8,16-18,36H,3,5-6,9-15H2,1H3,(H2,35,38)/t16-,17-,18+,31+/m1/s1. The Labute approximate surface area is 256 Å². The van der Waals surface area contributed by atoms with E-state index >= 15 is 4.39 Å². The van der Waals surface area contributed by atoms with E-state index in [1.54, 1.807) is 6.92 Å². The first-order valence-electron chi connectivity index (χ1n) is 15.0. The number of nitrogens with one attached hydrogen (secondary N) is 1. The second-order valence-corrected chi connectivity index (χ2v) is 13.3. The van der Waals surface area contributed by atoms with E-state index in [4.69, 9.17) is 15.5 Å². The Morgan fingerprint density at radius 1 is 1.11 bits per heavy atom. The number of fused-ring (bicyclic) bond motifs is 5. The number of nitrogens with two attached hydrogens (primary N) is 1. The number of hydrogen-bond donors (Lipinski definition) is 2. The SMILES string of the molecule is CC#Cc1nc(-c2ccc(F)c3sc(N)nc23)c(F)c2nc(OC[C@@]34CCCN3C[C@H](F)C4)nc(N3C[C@H]4CC[C@@H](C3)N4)c12. The number of pyridine rings is 1. The Balaban J connectivity index is 1.31. The predicted octanol–water partition coefficient (Wildman–Crippen LogP) is 4.43. The average Bonchev–Trinajstić information content (AvgIpc) is 3.75. The molecule has 228 valence electrons. The van der Waals surface area contributed by atoms with Crippen molar-refractivity contribution in [1.29, 1.82) is 0 Å². The fourth-order valence-corrected chi connectivity index (χ4v) is 8.38. The zero-order chi connectivity index (χ0) is 30.2. The Morgan fingerprint density at radius 3 is 2.73 bits per heavy atom. The molecule has 4 saturated heterocycles. The molecule has 8 rings (SSSR count). The molecule has 4 aliphatic heterocycles. The summed E-state index contributed by atoms with van der Waals surface area (Å²) in [7, 11) is 0. The summed E-state index contributed by atoms with van der Waals surface area (Å²) in [5.41, 5.74) is 6.27. The van der Waals surface area contributed by atoms with Gasteiger partial charge in [-0.05, 0) is 57.2 Å². The number of benzene rings is 1. The molecule has 4 fully saturated rings. The number of rotatable bonds is 5. The highest BCUT2D eigenvalue weighted by atomic mass is 32.1. The summed E-state index contributed by atoms with van der Waals surface area (Å²) in [6.45, 7) is 4.48. The molecule has 0 spiro atoms. The van der Waals surface area contributed by atoms with E-state index in [2.05, 4.69) is 41.9 Å². The zero-order valence-electron chi connectivity index (χ0n) is 24.2. The molecule has 0 saturated carbocycles. The third-order valence-electron chi connectivity index (χ3n) is 9.50. The molecule has 0 aliphatic carbocycles. The molecule has 44 heavy (non-hydrogen) atoms. The molecule has 4 atom stereocenters. The minimum absolute atomic E-state index is 0.00914. The van der Waals surface area contributed by atoms with Gasteiger partial charge in [-0.1, -0.05) is 17.3 Å². The summed E-state index contributed by atoms with van der Waals surface area (Å²) in [6.07, 6.45) is 3.38. The summed E-state index contributed by atoms with van der Waals surface area (Å²) in [6, 6.07) is 3.31. The maximum Gasteiger partial charge on any atom is 0.319 e. The Morgan fingerprint density at radius 2 is 1.93 bits per heavy atom. The molecule has 3 aromatic heterocycles. The monoisotopic (exact) mass is 620 g/mol. The summed E-state index contributed by atoms with van der Waals surface area (Å²) in [5, 5.41) is 4.19. The van der Waals surface area contributed by atoms with Gasteiger partial charge in [-0.3, -0.25) is 4.90 Å². The van der Waals surface area contributed by atoms with Crippen LogP contribution in [0.1, 0.15) is 44.7 Å². The van der Waals surface area contributed by atoms with Crippen molar-refractivity contribution < 1.29 is 17.9 Å². The van der Waals surface area contributed by atoms with Gasteiger partial charge in [-0.15, -0.1) is 0 Å². The molecule has 0 radical (unpaired) electrons. The molecular formula is C31H31F3N8OS. The van der Waals surface area contributed by atoms with Crippen LogP contribution in [0, 0.1) is 23.5 Å². The number of nitrogen functional groups attached to an aromatic ring is 1. The average molecular weight is 621 g/mol. The normalized spacial score (nSPS) is 26.4. The molecule has 0 unspecified atom stereocenters. The van der Waals surface area contributed by atoms with Crippen molar-refractivity contribution in [2.24, 2.45) is 0 Å². The summed E-state index contributed by atoms with van der Waals surface area (Å²) >= 11 is 0.992. The first kappa shape index (κ1) is 27.8. The molecule has 7 heterocycles. The van der Waals surface area contributed by atoms with Crippen LogP contribution in [-0.2, 0) is 0 Å². The van der Waals surface area contributed by atoms with Crippen molar-refractivity contribution in [3.05, 3.63) is 29.5 Å². The number of hydrogen-bond acceptors (Lipinski definition) is 10. The van der Waals surface area contributed by atoms with Gasteiger partial charge in [0.25, 0.3) is 0 Å². The minimum Gasteiger partial charge on any atom is -0.461 e. The maximum atomic E-state index is 16.8. The second-order valence-electron chi connectivity index (χ2n) is 12.3. The van der Waals surface area contributed by atoms with Crippen molar-refractivity contribution in [2.45, 2.75) is 62.8 Å². The number of ether oxygens (including phenoxy) is 1. The molecule has 3 N–H and O–H groups in total. The van der Waals surface area contributed by atoms with E-state index in [0.717, 1.165) is 43.6 Å². The van der Waals surface area contributed by atoms with E-state index in [1.165, 1.54) is 12.1 Å². The van der Waals surface area contributed by atoms with Crippen molar-refractivity contribution in [2.75, 3.05) is 43.4 Å². The fourth-order valence-electron chi connectivity index (χ4n) is 7.62. The largest absolute Gasteiger partial charge is 0.461 e. The topological polar surface area (TPSA) is 105 Å². The number of anilines is 2. The first-order chi connectivity index (χ1) is 21.3. The molecular weight excluding hydrogens is 589 g/mol. The van der Waals surface area contributed by atoms with Crippen LogP contribution in [0.2, 0.25) is 0 Å². The second kappa shape index (κ2) is 10.4. The number of thiazole rings is 1. The summed E-state index contributed by atoms with van der Waals surface area (Å²) in [5.74, 6) is 5.25. The molecule has 4 aliphatic rings. The first-order valence-corrected chi connectivity index (χ1v) is 15.9. The van der Waals surface area contributed by atoms with E-state index in [9.17, 15) is 8.78 Å². The van der Waals surface area contributed by atoms with Gasteiger partial charge >= 0.3 is 6.01 Å². The lowest BCUT2D eigenvalue weighted by Crippen LogP contribution is -2.51. The fraction of sp³-hybridized carbons (Fsp3) is 0.484. The number of aromatic nitrogens is 4. The lowest BCUT2D eigenvalue weighted by Gasteiger charge is -2.34. The number of nitrogens with zero attached hydrogens (tertiary/aromatic N) is 6. The van der Waals surface area contributed by atoms with E-state index < -0.39 is 23.3 Å². The maximum absolute atomic E-state index is 16.8. The number of halogens is 3. The highest BCUT2D eigenvalue weighted by Crippen LogP contribution is 2.42. The van der Waals surface area contributed by atoms with E-state index in [-0.39, 0.29) is 56.8 Å². The summed E-state index contributed by atoms with van der Waals surface area (Å²) in [4.78, 5) is 22.8. The van der Waals surface area contributed by atoms with Gasteiger partial charge in [-0.2, -0.15) is 9.97 Å². The molecule has 9 nitrogen and oxygen atoms in total. The smallest absolute Gasteiger partial charge is 0.319 e. The quantitative estimate of drug-likeness (QED) is 0.314. The van der Waals surface area contributed by atoms with E-state index in [1.807, 2.05) is 0 Å². The van der Waals surface area contributed by atoms with Gasteiger partial charge in [0.2, 0.25) is 0 Å². The Kier molecular flexibility index (Phi) is 6.59. The van der Waals surface area contributed by atoms with Gasteiger partial charge < -0.3 is 20.7 Å². The molecule has 2 bridgehead atoms. The van der Waals surface area contributed by atoms with Crippen LogP contribution in [-0.4, -0.2) is 81.4 Å². The zero-order valence-corrected chi connectivity index (χ0v) is 25.0. The molecule has 1 aromatic carbocycles. The van der Waals surface area contributed by atoms with Crippen molar-refractivity contribution in [3.8, 4) is 29.1 Å². The van der Waals surface area contributed by atoms with Crippen molar-refractivity contribution in [3.63, 3.8) is 0 Å². The van der Waals surface area contributed by atoms with Crippen LogP contribution < -0.4 is 20.7 Å². The van der Waals surface area contributed by atoms with Crippen molar-refractivity contribution >= 4 is 43.4 Å². The van der Waals surface area contributed by atoms with Gasteiger partial charge in [0.05, 0.1) is 21.1 Å². The van der Waals surface area contributed by atoms with Crippen LogP contribution in [0.5, 0.6) is 6.01 Å². The number of alkyl halides is 1. The molecule has 0 amide bonds.